The Morgan fingerprint density at radius 3 is 2.68 bits per heavy atom. The maximum atomic E-state index is 5.99. The Morgan fingerprint density at radius 2 is 2.16 bits per heavy atom. The van der Waals surface area contributed by atoms with E-state index in [1.54, 1.807) is 11.3 Å². The van der Waals surface area contributed by atoms with Gasteiger partial charge in [-0.05, 0) is 33.4 Å². The fraction of sp³-hybridized carbons (Fsp3) is 0.786. The summed E-state index contributed by atoms with van der Waals surface area (Å²) in [7, 11) is 0. The fourth-order valence-electron chi connectivity index (χ4n) is 2.90. The summed E-state index contributed by atoms with van der Waals surface area (Å²) in [5.41, 5.74) is 7.09. The third kappa shape index (κ3) is 3.09. The zero-order chi connectivity index (χ0) is 14.0. The van der Waals surface area contributed by atoms with Crippen LogP contribution in [-0.2, 0) is 0 Å². The summed E-state index contributed by atoms with van der Waals surface area (Å²) in [6.07, 6.45) is 1.24. The molecule has 108 valence electrons. The standard InChI is InChI=1S/C14H26N4S/c1-5-17(6-2)12-7-8-18(9-12)14-16-11(4)13(19-14)10(3)15/h10,12H,5-9,15H2,1-4H3. The highest BCUT2D eigenvalue weighted by molar-refractivity contribution is 7.15. The van der Waals surface area contributed by atoms with Gasteiger partial charge in [-0.1, -0.05) is 13.8 Å². The number of nitrogens with zero attached hydrogens (tertiary/aromatic N) is 3. The molecule has 1 aliphatic rings. The second-order valence-electron chi connectivity index (χ2n) is 5.34. The van der Waals surface area contributed by atoms with E-state index in [1.165, 1.54) is 11.3 Å². The molecule has 2 rings (SSSR count). The minimum absolute atomic E-state index is 0.0902. The lowest BCUT2D eigenvalue weighted by Crippen LogP contribution is -2.37. The number of anilines is 1. The first-order chi connectivity index (χ1) is 9.06. The molecule has 1 aromatic rings. The van der Waals surface area contributed by atoms with Crippen molar-refractivity contribution >= 4 is 16.5 Å². The molecule has 0 aliphatic carbocycles. The van der Waals surface area contributed by atoms with Crippen LogP contribution in [0.4, 0.5) is 5.13 Å². The molecule has 19 heavy (non-hydrogen) atoms. The molecule has 0 aromatic carbocycles. The number of nitrogens with two attached hydrogens (primary N) is 1. The number of rotatable bonds is 5. The zero-order valence-corrected chi connectivity index (χ0v) is 13.3. The Labute approximate surface area is 120 Å². The van der Waals surface area contributed by atoms with E-state index in [0.29, 0.717) is 6.04 Å². The van der Waals surface area contributed by atoms with Crippen molar-refractivity contribution in [2.24, 2.45) is 5.73 Å². The molecule has 1 saturated heterocycles. The topological polar surface area (TPSA) is 45.4 Å². The molecule has 2 heterocycles. The molecule has 0 saturated carbocycles. The Bertz CT molecular complexity index is 412. The predicted molar refractivity (Wildman–Crippen MR) is 83.0 cm³/mol. The maximum absolute atomic E-state index is 5.99. The number of hydrogen-bond acceptors (Lipinski definition) is 5. The third-order valence-corrected chi connectivity index (χ3v) is 5.42. The Kier molecular flexibility index (Phi) is 4.81. The molecule has 0 spiro atoms. The molecule has 2 atom stereocenters. The van der Waals surface area contributed by atoms with Crippen molar-refractivity contribution in [1.29, 1.82) is 0 Å². The SMILES string of the molecule is CCN(CC)C1CCN(c2nc(C)c(C(C)N)s2)C1. The van der Waals surface area contributed by atoms with Crippen LogP contribution in [0.15, 0.2) is 0 Å². The number of hydrogen-bond donors (Lipinski definition) is 1. The van der Waals surface area contributed by atoms with Gasteiger partial charge in [-0.3, -0.25) is 4.90 Å². The van der Waals surface area contributed by atoms with Crippen molar-refractivity contribution in [2.45, 2.75) is 46.2 Å². The quantitative estimate of drug-likeness (QED) is 0.901. The van der Waals surface area contributed by atoms with Crippen LogP contribution in [0, 0.1) is 6.92 Å². The van der Waals surface area contributed by atoms with Crippen molar-refractivity contribution in [2.75, 3.05) is 31.1 Å². The molecule has 1 fully saturated rings. The molecule has 1 aromatic heterocycles. The number of likely N-dealkylation sites (N-methyl/N-ethyl adjacent to an activating group) is 1. The van der Waals surface area contributed by atoms with Gasteiger partial charge < -0.3 is 10.6 Å². The van der Waals surface area contributed by atoms with Gasteiger partial charge in [0, 0.05) is 30.1 Å². The van der Waals surface area contributed by atoms with Crippen LogP contribution in [0.2, 0.25) is 0 Å². The van der Waals surface area contributed by atoms with Crippen LogP contribution in [0.1, 0.15) is 43.8 Å². The van der Waals surface area contributed by atoms with Crippen LogP contribution >= 0.6 is 11.3 Å². The summed E-state index contributed by atoms with van der Waals surface area (Å²) in [5.74, 6) is 0. The first-order valence-electron chi connectivity index (χ1n) is 7.28. The monoisotopic (exact) mass is 282 g/mol. The second kappa shape index (κ2) is 6.20. The average Bonchev–Trinajstić information content (AvgIpc) is 2.97. The number of aromatic nitrogens is 1. The molecule has 2 unspecified atom stereocenters. The second-order valence-corrected chi connectivity index (χ2v) is 6.35. The van der Waals surface area contributed by atoms with E-state index < -0.39 is 0 Å². The van der Waals surface area contributed by atoms with Gasteiger partial charge in [0.1, 0.15) is 0 Å². The molecular weight excluding hydrogens is 256 g/mol. The first kappa shape index (κ1) is 14.8. The van der Waals surface area contributed by atoms with E-state index in [9.17, 15) is 0 Å². The lowest BCUT2D eigenvalue weighted by Gasteiger charge is -2.25. The molecule has 0 bridgehead atoms. The normalized spacial score (nSPS) is 21.4. The van der Waals surface area contributed by atoms with Gasteiger partial charge in [-0.15, -0.1) is 11.3 Å². The van der Waals surface area contributed by atoms with Crippen molar-refractivity contribution in [3.05, 3.63) is 10.6 Å². The van der Waals surface area contributed by atoms with E-state index in [2.05, 4.69) is 30.6 Å². The summed E-state index contributed by atoms with van der Waals surface area (Å²) in [6, 6.07) is 0.769. The molecule has 2 N–H and O–H groups in total. The minimum Gasteiger partial charge on any atom is -0.346 e. The highest BCUT2D eigenvalue weighted by Crippen LogP contribution is 2.32. The van der Waals surface area contributed by atoms with Gasteiger partial charge in [0.25, 0.3) is 0 Å². The highest BCUT2D eigenvalue weighted by atomic mass is 32.1. The molecule has 4 nitrogen and oxygen atoms in total. The van der Waals surface area contributed by atoms with Crippen LogP contribution in [0.25, 0.3) is 0 Å². The van der Waals surface area contributed by atoms with Gasteiger partial charge in [0.15, 0.2) is 5.13 Å². The molecule has 5 heteroatoms. The van der Waals surface area contributed by atoms with Gasteiger partial charge in [0.2, 0.25) is 0 Å². The van der Waals surface area contributed by atoms with E-state index in [-0.39, 0.29) is 6.04 Å². The Morgan fingerprint density at radius 1 is 1.47 bits per heavy atom. The summed E-state index contributed by atoms with van der Waals surface area (Å²) < 4.78 is 0. The predicted octanol–water partition coefficient (Wildman–Crippen LogP) is 2.39. The van der Waals surface area contributed by atoms with Crippen molar-refractivity contribution in [1.82, 2.24) is 9.88 Å². The lowest BCUT2D eigenvalue weighted by atomic mass is 10.2. The van der Waals surface area contributed by atoms with E-state index in [0.717, 1.165) is 37.0 Å². The first-order valence-corrected chi connectivity index (χ1v) is 8.10. The van der Waals surface area contributed by atoms with E-state index in [4.69, 9.17) is 10.7 Å². The Balaban J connectivity index is 2.06. The number of thiazole rings is 1. The van der Waals surface area contributed by atoms with Gasteiger partial charge in [0.05, 0.1) is 5.69 Å². The van der Waals surface area contributed by atoms with E-state index in [1.807, 2.05) is 6.92 Å². The summed E-state index contributed by atoms with van der Waals surface area (Å²) in [6.45, 7) is 13.1. The minimum atomic E-state index is 0.0902. The lowest BCUT2D eigenvalue weighted by molar-refractivity contribution is 0.232. The van der Waals surface area contributed by atoms with Crippen LogP contribution < -0.4 is 10.6 Å². The molecular formula is C14H26N4S. The third-order valence-electron chi connectivity index (χ3n) is 4.00. The maximum Gasteiger partial charge on any atom is 0.185 e. The molecule has 1 aliphatic heterocycles. The van der Waals surface area contributed by atoms with Crippen molar-refractivity contribution < 1.29 is 0 Å². The highest BCUT2D eigenvalue weighted by Gasteiger charge is 2.28. The van der Waals surface area contributed by atoms with Crippen molar-refractivity contribution in [3.63, 3.8) is 0 Å². The van der Waals surface area contributed by atoms with Crippen LogP contribution in [0.5, 0.6) is 0 Å². The van der Waals surface area contributed by atoms with Crippen molar-refractivity contribution in [3.8, 4) is 0 Å². The van der Waals surface area contributed by atoms with Gasteiger partial charge >= 0.3 is 0 Å². The Hall–Kier alpha value is -0.650. The smallest absolute Gasteiger partial charge is 0.185 e. The van der Waals surface area contributed by atoms with Crippen LogP contribution in [-0.4, -0.2) is 42.1 Å². The largest absolute Gasteiger partial charge is 0.346 e. The number of aryl methyl sites for hydroxylation is 1. The van der Waals surface area contributed by atoms with Gasteiger partial charge in [-0.25, -0.2) is 4.98 Å². The molecule has 0 radical (unpaired) electrons. The average molecular weight is 282 g/mol. The van der Waals surface area contributed by atoms with Crippen LogP contribution in [0.3, 0.4) is 0 Å². The van der Waals surface area contributed by atoms with Gasteiger partial charge in [-0.2, -0.15) is 0 Å². The zero-order valence-electron chi connectivity index (χ0n) is 12.5. The van der Waals surface area contributed by atoms with E-state index >= 15 is 0 Å². The summed E-state index contributed by atoms with van der Waals surface area (Å²) in [4.78, 5) is 10.9. The summed E-state index contributed by atoms with van der Waals surface area (Å²) in [5, 5.41) is 1.15. The summed E-state index contributed by atoms with van der Waals surface area (Å²) >= 11 is 1.77. The molecule has 0 amide bonds. The fourth-order valence-corrected chi connectivity index (χ4v) is 3.96.